The fraction of sp³-hybridized carbons (Fsp3) is 0.469. The number of ether oxygens (including phenoxy) is 2. The zero-order valence-electron chi connectivity index (χ0n) is 26.0. The maximum absolute atomic E-state index is 13.7. The number of thiazole rings is 1. The number of hydrogen-bond donors (Lipinski definition) is 4. The highest BCUT2D eigenvalue weighted by atomic mass is 32.2. The second-order valence-electron chi connectivity index (χ2n) is 12.9. The average molecular weight is 656 g/mol. The third-order valence-corrected chi connectivity index (χ3v) is 11.3. The molecule has 2 fully saturated rings. The lowest BCUT2D eigenvalue weighted by Gasteiger charge is -2.47. The summed E-state index contributed by atoms with van der Waals surface area (Å²) in [6.07, 6.45) is 3.76. The summed E-state index contributed by atoms with van der Waals surface area (Å²) in [5.41, 5.74) is 5.85. The summed E-state index contributed by atoms with van der Waals surface area (Å²) in [5, 5.41) is 6.57. The minimum absolute atomic E-state index is 0.0454. The first-order valence-corrected chi connectivity index (χ1v) is 17.4. The molecular formula is C32H41N5O6S2. The van der Waals surface area contributed by atoms with Gasteiger partial charge in [0.15, 0.2) is 0 Å². The van der Waals surface area contributed by atoms with Crippen molar-refractivity contribution in [3.05, 3.63) is 65.3 Å². The van der Waals surface area contributed by atoms with Gasteiger partial charge in [0.1, 0.15) is 5.60 Å². The molecule has 3 aromatic rings. The van der Waals surface area contributed by atoms with E-state index in [1.807, 2.05) is 37.3 Å². The van der Waals surface area contributed by atoms with Crippen LogP contribution >= 0.6 is 11.3 Å². The number of nitrogens with one attached hydrogen (secondary N) is 3. The fourth-order valence-electron chi connectivity index (χ4n) is 5.96. The van der Waals surface area contributed by atoms with E-state index >= 15 is 0 Å². The van der Waals surface area contributed by atoms with Crippen LogP contribution in [0.4, 0.5) is 15.3 Å². The van der Waals surface area contributed by atoms with Crippen LogP contribution in [0.15, 0.2) is 59.6 Å². The predicted octanol–water partition coefficient (Wildman–Crippen LogP) is 5.91. The van der Waals surface area contributed by atoms with E-state index in [-0.39, 0.29) is 22.8 Å². The molecule has 2 heterocycles. The summed E-state index contributed by atoms with van der Waals surface area (Å²) in [7, 11) is -3.98. The Morgan fingerprint density at radius 3 is 2.40 bits per heavy atom. The van der Waals surface area contributed by atoms with Crippen molar-refractivity contribution in [3.63, 3.8) is 0 Å². The van der Waals surface area contributed by atoms with Gasteiger partial charge in [-0.3, -0.25) is 0 Å². The quantitative estimate of drug-likeness (QED) is 0.223. The SMILES string of the molecule is C[C@H](NC(=O)Nc1ccc(-c2cnc(C3CCC(OC(N)=O)(C4COC4)CC3)s2)c(S(=O)(=O)NC(C)(C)C)c1)c1ccccc1. The van der Waals surface area contributed by atoms with Gasteiger partial charge in [0.25, 0.3) is 0 Å². The molecule has 5 N–H and O–H groups in total. The summed E-state index contributed by atoms with van der Waals surface area (Å²) in [4.78, 5) is 30.0. The average Bonchev–Trinajstić information content (AvgIpc) is 3.41. The van der Waals surface area contributed by atoms with Crippen molar-refractivity contribution in [1.82, 2.24) is 15.0 Å². The van der Waals surface area contributed by atoms with E-state index < -0.39 is 33.3 Å². The number of carbonyl (C=O) groups is 2. The standard InChI is InChI=1S/C32H41N5O6S2/c1-20(21-8-6-5-7-9-21)35-30(39)36-24-10-11-25(27(16-24)45(40,41)37-31(2,3)4)26-17-34-28(44-26)22-12-14-32(15-13-22,43-29(33)38)23-18-42-19-23/h5-11,16-17,20,22-23,37H,12-15,18-19H2,1-4H3,(H2,33,38)(H2,35,36,39)/t20-,22?,32?/m0/s1. The largest absolute Gasteiger partial charge is 0.443 e. The van der Waals surface area contributed by atoms with Gasteiger partial charge in [-0.2, -0.15) is 0 Å². The normalized spacial score (nSPS) is 21.4. The summed E-state index contributed by atoms with van der Waals surface area (Å²) in [5.74, 6) is 0.273. The van der Waals surface area contributed by atoms with Crippen molar-refractivity contribution in [2.75, 3.05) is 18.5 Å². The number of hydrogen-bond acceptors (Lipinski definition) is 8. The number of benzene rings is 2. The first-order chi connectivity index (χ1) is 21.2. The molecule has 0 spiro atoms. The Bertz CT molecular complexity index is 1620. The molecule has 13 heteroatoms. The molecule has 2 aromatic carbocycles. The van der Waals surface area contributed by atoms with Gasteiger partial charge in [0.05, 0.1) is 34.0 Å². The minimum Gasteiger partial charge on any atom is -0.443 e. The monoisotopic (exact) mass is 655 g/mol. The molecule has 5 rings (SSSR count). The summed E-state index contributed by atoms with van der Waals surface area (Å²) in [6.45, 7) is 8.31. The molecule has 1 aliphatic carbocycles. The van der Waals surface area contributed by atoms with Gasteiger partial charge in [-0.1, -0.05) is 36.4 Å². The molecule has 0 bridgehead atoms. The van der Waals surface area contributed by atoms with Crippen molar-refractivity contribution in [3.8, 4) is 10.4 Å². The molecule has 1 aliphatic heterocycles. The van der Waals surface area contributed by atoms with E-state index in [1.54, 1.807) is 39.1 Å². The molecule has 3 amide bonds. The Hall–Kier alpha value is -3.52. The number of nitrogens with zero attached hydrogens (tertiary/aromatic N) is 1. The Morgan fingerprint density at radius 2 is 1.80 bits per heavy atom. The number of sulfonamides is 1. The van der Waals surface area contributed by atoms with Crippen molar-refractivity contribution in [1.29, 1.82) is 0 Å². The number of amides is 3. The summed E-state index contributed by atoms with van der Waals surface area (Å²) >= 11 is 1.45. The third kappa shape index (κ3) is 7.83. The highest BCUT2D eigenvalue weighted by Crippen LogP contribution is 2.47. The molecule has 242 valence electrons. The number of nitrogens with two attached hydrogens (primary N) is 1. The second kappa shape index (κ2) is 13.1. The number of primary amides is 1. The molecule has 1 saturated carbocycles. The zero-order valence-corrected chi connectivity index (χ0v) is 27.6. The van der Waals surface area contributed by atoms with E-state index in [4.69, 9.17) is 20.2 Å². The molecule has 0 radical (unpaired) electrons. The lowest BCUT2D eigenvalue weighted by atomic mass is 9.71. The van der Waals surface area contributed by atoms with E-state index in [1.165, 1.54) is 17.4 Å². The van der Waals surface area contributed by atoms with Gasteiger partial charge in [0, 0.05) is 34.8 Å². The van der Waals surface area contributed by atoms with E-state index in [0.717, 1.165) is 23.4 Å². The molecule has 1 atom stereocenters. The van der Waals surface area contributed by atoms with Crippen LogP contribution in [0.25, 0.3) is 10.4 Å². The molecule has 45 heavy (non-hydrogen) atoms. The summed E-state index contributed by atoms with van der Waals surface area (Å²) < 4.78 is 41.1. The highest BCUT2D eigenvalue weighted by molar-refractivity contribution is 7.89. The maximum Gasteiger partial charge on any atom is 0.405 e. The number of rotatable bonds is 9. The van der Waals surface area contributed by atoms with Gasteiger partial charge in [-0.05, 0) is 71.1 Å². The number of carbonyl (C=O) groups excluding carboxylic acids is 2. The molecule has 2 aliphatic rings. The molecule has 0 unspecified atom stereocenters. The van der Waals surface area contributed by atoms with Crippen LogP contribution in [0, 0.1) is 5.92 Å². The van der Waals surface area contributed by atoms with Crippen LogP contribution in [-0.2, 0) is 19.5 Å². The molecule has 1 saturated heterocycles. The Morgan fingerprint density at radius 1 is 1.11 bits per heavy atom. The Balaban J connectivity index is 1.37. The third-order valence-electron chi connectivity index (χ3n) is 8.27. The first-order valence-electron chi connectivity index (χ1n) is 15.1. The predicted molar refractivity (Wildman–Crippen MR) is 174 cm³/mol. The van der Waals surface area contributed by atoms with Crippen molar-refractivity contribution < 1.29 is 27.5 Å². The Kier molecular flexibility index (Phi) is 9.54. The first kappa shape index (κ1) is 32.9. The number of aromatic nitrogens is 1. The van der Waals surface area contributed by atoms with Crippen LogP contribution in [0.2, 0.25) is 0 Å². The minimum atomic E-state index is -3.98. The van der Waals surface area contributed by atoms with E-state index in [2.05, 4.69) is 15.4 Å². The van der Waals surface area contributed by atoms with E-state index in [9.17, 15) is 18.0 Å². The van der Waals surface area contributed by atoms with Gasteiger partial charge < -0.3 is 25.8 Å². The van der Waals surface area contributed by atoms with Crippen LogP contribution < -0.4 is 21.1 Å². The molecular weight excluding hydrogens is 615 g/mol. The maximum atomic E-state index is 13.7. The number of anilines is 1. The molecule has 1 aromatic heterocycles. The highest BCUT2D eigenvalue weighted by Gasteiger charge is 2.48. The zero-order chi connectivity index (χ0) is 32.4. The van der Waals surface area contributed by atoms with Crippen molar-refractivity contribution in [2.24, 2.45) is 11.7 Å². The summed E-state index contributed by atoms with van der Waals surface area (Å²) in [6, 6.07) is 13.7. The second-order valence-corrected chi connectivity index (χ2v) is 15.6. The van der Waals surface area contributed by atoms with Crippen molar-refractivity contribution in [2.45, 2.75) is 81.4 Å². The van der Waals surface area contributed by atoms with Crippen LogP contribution in [-0.4, -0.2) is 49.9 Å². The lowest BCUT2D eigenvalue weighted by molar-refractivity contribution is -0.160. The topological polar surface area (TPSA) is 162 Å². The van der Waals surface area contributed by atoms with Gasteiger partial charge >= 0.3 is 12.1 Å². The van der Waals surface area contributed by atoms with Gasteiger partial charge in [0.2, 0.25) is 10.0 Å². The van der Waals surface area contributed by atoms with Crippen LogP contribution in [0.1, 0.15) is 75.9 Å². The Labute approximate surface area is 268 Å². The number of urea groups is 1. The van der Waals surface area contributed by atoms with Gasteiger partial charge in [-0.15, -0.1) is 11.3 Å². The molecule has 11 nitrogen and oxygen atoms in total. The van der Waals surface area contributed by atoms with Crippen molar-refractivity contribution >= 4 is 39.2 Å². The smallest absolute Gasteiger partial charge is 0.405 e. The van der Waals surface area contributed by atoms with Crippen LogP contribution in [0.5, 0.6) is 0 Å². The van der Waals surface area contributed by atoms with Crippen LogP contribution in [0.3, 0.4) is 0 Å². The lowest BCUT2D eigenvalue weighted by Crippen LogP contribution is -2.53. The van der Waals surface area contributed by atoms with Gasteiger partial charge in [-0.25, -0.2) is 27.7 Å². The van der Waals surface area contributed by atoms with E-state index in [0.29, 0.717) is 42.2 Å². The fourth-order valence-corrected chi connectivity index (χ4v) is 8.82.